The molecule has 0 spiro atoms. The Kier molecular flexibility index (Phi) is 5.64. The van der Waals surface area contributed by atoms with E-state index in [9.17, 15) is 4.79 Å². The molecule has 1 aromatic carbocycles. The first-order valence-electron chi connectivity index (χ1n) is 9.33. The maximum atomic E-state index is 12.4. The highest BCUT2D eigenvalue weighted by Gasteiger charge is 2.18. The van der Waals surface area contributed by atoms with Crippen LogP contribution in [0, 0.1) is 0 Å². The van der Waals surface area contributed by atoms with Gasteiger partial charge in [-0.15, -0.1) is 0 Å². The third-order valence-corrected chi connectivity index (χ3v) is 5.47. The normalized spacial score (nSPS) is 16.4. The largest absolute Gasteiger partial charge is 0.489 e. The van der Waals surface area contributed by atoms with Crippen molar-refractivity contribution >= 4 is 27.4 Å². The van der Waals surface area contributed by atoms with E-state index in [1.165, 1.54) is 4.40 Å². The quantitative estimate of drug-likeness (QED) is 0.581. The van der Waals surface area contributed by atoms with Crippen LogP contribution in [0.2, 0.25) is 0 Å². The lowest BCUT2D eigenvalue weighted by Crippen LogP contribution is -2.23. The average Bonchev–Trinajstić information content (AvgIpc) is 3.21. The maximum absolute atomic E-state index is 12.4. The number of hydrogen-bond donors (Lipinski definition) is 0. The van der Waals surface area contributed by atoms with E-state index in [-0.39, 0.29) is 11.7 Å². The number of rotatable bonds is 6. The van der Waals surface area contributed by atoms with Gasteiger partial charge in [-0.1, -0.05) is 18.2 Å². The number of pyridine rings is 1. The number of halogens is 1. The molecule has 1 unspecified atom stereocenters. The van der Waals surface area contributed by atoms with Crippen LogP contribution in [0.3, 0.4) is 0 Å². The van der Waals surface area contributed by atoms with Crippen LogP contribution in [-0.2, 0) is 11.3 Å². The van der Waals surface area contributed by atoms with Crippen LogP contribution < -0.4 is 15.2 Å². The van der Waals surface area contributed by atoms with E-state index >= 15 is 0 Å². The summed E-state index contributed by atoms with van der Waals surface area (Å²) in [5, 5.41) is 0. The summed E-state index contributed by atoms with van der Waals surface area (Å²) in [6.07, 6.45) is 3.99. The molecule has 1 aliphatic heterocycles. The Labute approximate surface area is 171 Å². The summed E-state index contributed by atoms with van der Waals surface area (Å²) in [4.78, 5) is 18.9. The van der Waals surface area contributed by atoms with Gasteiger partial charge in [-0.25, -0.2) is 4.98 Å². The predicted octanol–water partition coefficient (Wildman–Crippen LogP) is 3.65. The molecule has 0 aliphatic carbocycles. The summed E-state index contributed by atoms with van der Waals surface area (Å²) in [6.45, 7) is 1.91. The predicted molar refractivity (Wildman–Crippen MR) is 112 cm³/mol. The molecule has 146 valence electrons. The van der Waals surface area contributed by atoms with E-state index in [2.05, 4.69) is 20.9 Å². The Morgan fingerprint density at radius 1 is 1.32 bits per heavy atom. The average molecular weight is 444 g/mol. The van der Waals surface area contributed by atoms with Crippen LogP contribution in [-0.4, -0.2) is 35.8 Å². The zero-order valence-electron chi connectivity index (χ0n) is 15.7. The van der Waals surface area contributed by atoms with Crippen molar-refractivity contribution in [3.05, 3.63) is 69.1 Å². The van der Waals surface area contributed by atoms with Crippen molar-refractivity contribution < 1.29 is 9.47 Å². The molecule has 28 heavy (non-hydrogen) atoms. The number of nitrogens with zero attached hydrogens (tertiary/aromatic N) is 3. The zero-order chi connectivity index (χ0) is 19.5. The van der Waals surface area contributed by atoms with Gasteiger partial charge >= 0.3 is 0 Å². The van der Waals surface area contributed by atoms with Crippen molar-refractivity contribution in [3.8, 4) is 5.75 Å². The summed E-state index contributed by atoms with van der Waals surface area (Å²) in [5.74, 6) is 1.43. The highest BCUT2D eigenvalue weighted by molar-refractivity contribution is 9.10. The van der Waals surface area contributed by atoms with Crippen LogP contribution in [0.15, 0.2) is 57.9 Å². The fourth-order valence-corrected chi connectivity index (χ4v) is 3.89. The summed E-state index contributed by atoms with van der Waals surface area (Å²) in [7, 11) is 1.92. The summed E-state index contributed by atoms with van der Waals surface area (Å²) < 4.78 is 14.2. The minimum absolute atomic E-state index is 0.100. The fraction of sp³-hybridized carbons (Fsp3) is 0.333. The smallest absolute Gasteiger partial charge is 0.259 e. The minimum Gasteiger partial charge on any atom is -0.489 e. The van der Waals surface area contributed by atoms with Crippen LogP contribution in [0.4, 0.5) is 5.82 Å². The second-order valence-electron chi connectivity index (χ2n) is 6.91. The molecule has 6 nitrogen and oxygen atoms in total. The topological polar surface area (TPSA) is 56.1 Å². The van der Waals surface area contributed by atoms with Crippen LogP contribution in [0.25, 0.3) is 5.65 Å². The molecule has 1 saturated heterocycles. The van der Waals surface area contributed by atoms with Gasteiger partial charge in [0.2, 0.25) is 0 Å². The molecular weight excluding hydrogens is 422 g/mol. The molecule has 0 amide bonds. The van der Waals surface area contributed by atoms with Gasteiger partial charge in [0.05, 0.1) is 10.6 Å². The van der Waals surface area contributed by atoms with E-state index < -0.39 is 0 Å². The highest BCUT2D eigenvalue weighted by Crippen LogP contribution is 2.31. The number of ether oxygens (including phenoxy) is 2. The molecule has 2 aromatic heterocycles. The first kappa shape index (κ1) is 19.0. The Morgan fingerprint density at radius 2 is 2.21 bits per heavy atom. The second-order valence-corrected chi connectivity index (χ2v) is 7.77. The molecule has 3 heterocycles. The zero-order valence-corrected chi connectivity index (χ0v) is 17.3. The van der Waals surface area contributed by atoms with Crippen LogP contribution in [0.1, 0.15) is 18.4 Å². The third-order valence-electron chi connectivity index (χ3n) is 4.84. The van der Waals surface area contributed by atoms with Crippen LogP contribution >= 0.6 is 15.9 Å². The molecule has 4 rings (SSSR count). The van der Waals surface area contributed by atoms with Gasteiger partial charge < -0.3 is 14.4 Å². The molecule has 0 bridgehead atoms. The molecule has 0 saturated carbocycles. The van der Waals surface area contributed by atoms with Gasteiger partial charge in [0.15, 0.2) is 0 Å². The van der Waals surface area contributed by atoms with E-state index in [1.54, 1.807) is 12.3 Å². The minimum atomic E-state index is -0.100. The molecule has 1 atom stereocenters. The van der Waals surface area contributed by atoms with E-state index in [0.717, 1.165) is 35.2 Å². The van der Waals surface area contributed by atoms with Crippen molar-refractivity contribution in [1.29, 1.82) is 0 Å². The van der Waals surface area contributed by atoms with E-state index in [0.29, 0.717) is 24.6 Å². The Balaban J connectivity index is 1.56. The van der Waals surface area contributed by atoms with Crippen molar-refractivity contribution in [2.24, 2.45) is 0 Å². The number of hydrogen-bond acceptors (Lipinski definition) is 5. The van der Waals surface area contributed by atoms with Gasteiger partial charge in [-0.2, -0.15) is 0 Å². The van der Waals surface area contributed by atoms with Gasteiger partial charge in [0.25, 0.3) is 5.56 Å². The first-order valence-corrected chi connectivity index (χ1v) is 10.1. The van der Waals surface area contributed by atoms with E-state index in [4.69, 9.17) is 9.47 Å². The third kappa shape index (κ3) is 4.05. The van der Waals surface area contributed by atoms with Gasteiger partial charge in [0, 0.05) is 38.0 Å². The van der Waals surface area contributed by atoms with Gasteiger partial charge in [-0.3, -0.25) is 9.20 Å². The molecule has 0 radical (unpaired) electrons. The molecule has 0 N–H and O–H groups in total. The van der Waals surface area contributed by atoms with Crippen molar-refractivity contribution in [3.63, 3.8) is 0 Å². The van der Waals surface area contributed by atoms with Crippen molar-refractivity contribution in [2.75, 3.05) is 25.2 Å². The van der Waals surface area contributed by atoms with Crippen molar-refractivity contribution in [1.82, 2.24) is 9.38 Å². The standard InChI is InChI=1S/C21H22BrN3O3/c1-24(19-12-20(26)25-10-3-2-9-18(25)23-19)13-15-6-4-8-17(22)21(15)28-14-16-7-5-11-27-16/h2-4,6,8-10,12,16H,5,7,11,13-14H2,1H3. The highest BCUT2D eigenvalue weighted by atomic mass is 79.9. The number of fused-ring (bicyclic) bond motifs is 1. The Morgan fingerprint density at radius 3 is 3.04 bits per heavy atom. The first-order chi connectivity index (χ1) is 13.6. The van der Waals surface area contributed by atoms with Gasteiger partial charge in [-0.05, 0) is 47.0 Å². The summed E-state index contributed by atoms with van der Waals surface area (Å²) in [5.41, 5.74) is 1.54. The number of anilines is 1. The lowest BCUT2D eigenvalue weighted by molar-refractivity contribution is 0.0673. The fourth-order valence-electron chi connectivity index (χ4n) is 3.36. The lowest BCUT2D eigenvalue weighted by Gasteiger charge is -2.22. The van der Waals surface area contributed by atoms with Gasteiger partial charge in [0.1, 0.15) is 23.8 Å². The Bertz CT molecular complexity index is 1030. The summed E-state index contributed by atoms with van der Waals surface area (Å²) in [6, 6.07) is 13.0. The molecular formula is C21H22BrN3O3. The molecule has 1 fully saturated rings. The second kappa shape index (κ2) is 8.32. The Hall–Kier alpha value is -2.38. The summed E-state index contributed by atoms with van der Waals surface area (Å²) >= 11 is 3.59. The monoisotopic (exact) mass is 443 g/mol. The van der Waals surface area contributed by atoms with Crippen LogP contribution in [0.5, 0.6) is 5.75 Å². The van der Waals surface area contributed by atoms with E-state index in [1.807, 2.05) is 48.3 Å². The number of benzene rings is 1. The molecule has 1 aliphatic rings. The lowest BCUT2D eigenvalue weighted by atomic mass is 10.2. The molecule has 3 aromatic rings. The number of para-hydroxylation sites is 1. The SMILES string of the molecule is CN(Cc1cccc(Br)c1OCC1CCCO1)c1cc(=O)n2ccccc2n1. The number of aromatic nitrogens is 2. The maximum Gasteiger partial charge on any atom is 0.259 e. The molecule has 7 heteroatoms. The van der Waals surface area contributed by atoms with Crippen molar-refractivity contribution in [2.45, 2.75) is 25.5 Å².